The molecule has 1 N–H and O–H groups in total. The Morgan fingerprint density at radius 1 is 1.06 bits per heavy atom. The Balaban J connectivity index is 2.11. The van der Waals surface area contributed by atoms with E-state index in [0.717, 1.165) is 17.2 Å². The maximum Gasteiger partial charge on any atom is 0.435 e. The van der Waals surface area contributed by atoms with Gasteiger partial charge in [0.2, 0.25) is 0 Å². The lowest BCUT2D eigenvalue weighted by Crippen LogP contribution is -2.08. The summed E-state index contributed by atoms with van der Waals surface area (Å²) >= 11 is 0. The fraction of sp³-hybridized carbons (Fsp3) is 0.250. The van der Waals surface area contributed by atoms with Gasteiger partial charge in [0.05, 0.1) is 13.2 Å². The second-order valence-electron chi connectivity index (χ2n) is 3.87. The molecule has 0 aliphatic rings. The predicted molar refractivity (Wildman–Crippen MR) is 58.7 cm³/mol. The number of halogens is 3. The lowest BCUT2D eigenvalue weighted by Gasteiger charge is -2.04. The van der Waals surface area contributed by atoms with Crippen LogP contribution in [0.15, 0.2) is 36.5 Å². The largest absolute Gasteiger partial charge is 0.435 e. The third-order valence-electron chi connectivity index (χ3n) is 2.48. The monoisotopic (exact) mass is 256 g/mol. The molecule has 0 fully saturated rings. The normalized spacial score (nSPS) is 11.8. The van der Waals surface area contributed by atoms with Crippen molar-refractivity contribution >= 4 is 0 Å². The Kier molecular flexibility index (Phi) is 3.38. The van der Waals surface area contributed by atoms with Crippen molar-refractivity contribution in [2.45, 2.75) is 19.3 Å². The molecule has 0 atom stereocenters. The molecule has 0 saturated carbocycles. The van der Waals surface area contributed by atoms with E-state index in [-0.39, 0.29) is 13.2 Å². The maximum absolute atomic E-state index is 12.3. The molecule has 1 aromatic carbocycles. The molecule has 3 nitrogen and oxygen atoms in total. The Bertz CT molecular complexity index is 517. The van der Waals surface area contributed by atoms with Gasteiger partial charge in [-0.2, -0.15) is 18.3 Å². The first kappa shape index (κ1) is 12.6. The van der Waals surface area contributed by atoms with Crippen molar-refractivity contribution in [1.82, 2.24) is 9.78 Å². The van der Waals surface area contributed by atoms with E-state index >= 15 is 0 Å². The highest BCUT2D eigenvalue weighted by atomic mass is 19.4. The van der Waals surface area contributed by atoms with Crippen molar-refractivity contribution in [1.29, 1.82) is 0 Å². The SMILES string of the molecule is OCc1ccc(Cn2ccc(C(F)(F)F)n2)cc1. The Morgan fingerprint density at radius 2 is 1.67 bits per heavy atom. The molecule has 96 valence electrons. The number of benzene rings is 1. The molecule has 1 heterocycles. The van der Waals surface area contributed by atoms with E-state index in [4.69, 9.17) is 5.11 Å². The minimum atomic E-state index is -4.41. The van der Waals surface area contributed by atoms with Crippen LogP contribution in [0.2, 0.25) is 0 Å². The number of alkyl halides is 3. The number of rotatable bonds is 3. The Morgan fingerprint density at radius 3 is 2.17 bits per heavy atom. The van der Waals surface area contributed by atoms with Crippen LogP contribution in [0.1, 0.15) is 16.8 Å². The first-order chi connectivity index (χ1) is 8.49. The first-order valence-corrected chi connectivity index (χ1v) is 5.28. The average molecular weight is 256 g/mol. The molecule has 1 aromatic heterocycles. The zero-order valence-corrected chi connectivity index (χ0v) is 9.35. The third kappa shape index (κ3) is 2.89. The zero-order chi connectivity index (χ0) is 13.2. The standard InChI is InChI=1S/C12H11F3N2O/c13-12(14,15)11-5-6-17(16-11)7-9-1-3-10(8-18)4-2-9/h1-6,18H,7-8H2. The summed E-state index contributed by atoms with van der Waals surface area (Å²) in [7, 11) is 0. The minimum Gasteiger partial charge on any atom is -0.392 e. The van der Waals surface area contributed by atoms with Gasteiger partial charge in [0.15, 0.2) is 5.69 Å². The molecular weight excluding hydrogens is 245 g/mol. The Labute approximate surface area is 101 Å². The molecule has 0 aliphatic carbocycles. The predicted octanol–water partition coefficient (Wildman–Crippen LogP) is 2.44. The van der Waals surface area contributed by atoms with Crippen molar-refractivity contribution in [3.8, 4) is 0 Å². The van der Waals surface area contributed by atoms with Gasteiger partial charge in [-0.05, 0) is 17.2 Å². The van der Waals surface area contributed by atoms with E-state index in [1.165, 1.54) is 10.9 Å². The van der Waals surface area contributed by atoms with Crippen molar-refractivity contribution in [3.05, 3.63) is 53.3 Å². The van der Waals surface area contributed by atoms with Crippen LogP contribution < -0.4 is 0 Å². The lowest BCUT2D eigenvalue weighted by atomic mass is 10.1. The van der Waals surface area contributed by atoms with E-state index in [2.05, 4.69) is 5.10 Å². The van der Waals surface area contributed by atoms with E-state index in [1.54, 1.807) is 24.3 Å². The summed E-state index contributed by atoms with van der Waals surface area (Å²) in [6, 6.07) is 7.90. The van der Waals surface area contributed by atoms with Gasteiger partial charge in [-0.1, -0.05) is 24.3 Å². The number of nitrogens with zero attached hydrogens (tertiary/aromatic N) is 2. The first-order valence-electron chi connectivity index (χ1n) is 5.28. The molecule has 18 heavy (non-hydrogen) atoms. The van der Waals surface area contributed by atoms with Crippen LogP contribution in [0.25, 0.3) is 0 Å². The molecule has 0 saturated heterocycles. The highest BCUT2D eigenvalue weighted by Crippen LogP contribution is 2.27. The molecule has 0 radical (unpaired) electrons. The van der Waals surface area contributed by atoms with Gasteiger partial charge in [0.1, 0.15) is 0 Å². The molecule has 0 spiro atoms. The number of aromatic nitrogens is 2. The fourth-order valence-corrected chi connectivity index (χ4v) is 1.54. The third-order valence-corrected chi connectivity index (χ3v) is 2.48. The maximum atomic E-state index is 12.3. The summed E-state index contributed by atoms with van der Waals surface area (Å²) in [4.78, 5) is 0. The second-order valence-corrected chi connectivity index (χ2v) is 3.87. The summed E-state index contributed by atoms with van der Waals surface area (Å²) in [6.07, 6.45) is -3.12. The van der Waals surface area contributed by atoms with Gasteiger partial charge in [-0.3, -0.25) is 4.68 Å². The van der Waals surface area contributed by atoms with Crippen LogP contribution >= 0.6 is 0 Å². The van der Waals surface area contributed by atoms with Gasteiger partial charge in [0, 0.05) is 6.20 Å². The zero-order valence-electron chi connectivity index (χ0n) is 9.35. The number of hydrogen-bond acceptors (Lipinski definition) is 2. The van der Waals surface area contributed by atoms with E-state index in [0.29, 0.717) is 0 Å². The van der Waals surface area contributed by atoms with Crippen molar-refractivity contribution in [2.75, 3.05) is 0 Å². The van der Waals surface area contributed by atoms with Crippen molar-refractivity contribution in [3.63, 3.8) is 0 Å². The Hall–Kier alpha value is -1.82. The summed E-state index contributed by atoms with van der Waals surface area (Å²) < 4.78 is 38.2. The van der Waals surface area contributed by atoms with Crippen LogP contribution in [0.5, 0.6) is 0 Å². The smallest absolute Gasteiger partial charge is 0.392 e. The van der Waals surface area contributed by atoms with Gasteiger partial charge in [-0.25, -0.2) is 0 Å². The minimum absolute atomic E-state index is 0.0553. The molecule has 2 aromatic rings. The highest BCUT2D eigenvalue weighted by molar-refractivity contribution is 5.22. The van der Waals surface area contributed by atoms with Gasteiger partial charge in [0.25, 0.3) is 0 Å². The fourth-order valence-electron chi connectivity index (χ4n) is 1.54. The van der Waals surface area contributed by atoms with E-state index in [1.807, 2.05) is 0 Å². The van der Waals surface area contributed by atoms with Gasteiger partial charge < -0.3 is 5.11 Å². The molecule has 0 unspecified atom stereocenters. The molecule has 6 heteroatoms. The van der Waals surface area contributed by atoms with Gasteiger partial charge >= 0.3 is 6.18 Å². The summed E-state index contributed by atoms with van der Waals surface area (Å²) in [5.74, 6) is 0. The summed E-state index contributed by atoms with van der Waals surface area (Å²) in [5, 5.41) is 12.3. The van der Waals surface area contributed by atoms with Crippen LogP contribution in [0, 0.1) is 0 Å². The topological polar surface area (TPSA) is 38.0 Å². The number of hydrogen-bond donors (Lipinski definition) is 1. The highest BCUT2D eigenvalue weighted by Gasteiger charge is 2.33. The van der Waals surface area contributed by atoms with Crippen molar-refractivity contribution < 1.29 is 18.3 Å². The van der Waals surface area contributed by atoms with Crippen LogP contribution in [0.3, 0.4) is 0 Å². The lowest BCUT2D eigenvalue weighted by molar-refractivity contribution is -0.141. The van der Waals surface area contributed by atoms with Gasteiger partial charge in [-0.15, -0.1) is 0 Å². The van der Waals surface area contributed by atoms with E-state index in [9.17, 15) is 13.2 Å². The van der Waals surface area contributed by atoms with Crippen LogP contribution in [-0.2, 0) is 19.3 Å². The quantitative estimate of drug-likeness (QED) is 0.916. The van der Waals surface area contributed by atoms with E-state index < -0.39 is 11.9 Å². The van der Waals surface area contributed by atoms with Crippen LogP contribution in [-0.4, -0.2) is 14.9 Å². The summed E-state index contributed by atoms with van der Waals surface area (Å²) in [6.45, 7) is 0.210. The van der Waals surface area contributed by atoms with Crippen LogP contribution in [0.4, 0.5) is 13.2 Å². The molecule has 0 bridgehead atoms. The van der Waals surface area contributed by atoms with Crippen molar-refractivity contribution in [2.24, 2.45) is 0 Å². The second kappa shape index (κ2) is 4.81. The molecule has 2 rings (SSSR count). The molecular formula is C12H11F3N2O. The average Bonchev–Trinajstić information content (AvgIpc) is 2.78. The molecule has 0 aliphatic heterocycles. The summed E-state index contributed by atoms with van der Waals surface area (Å²) in [5.41, 5.74) is 0.689. The molecule has 0 amide bonds. The number of aliphatic hydroxyl groups is 1. The number of aliphatic hydroxyl groups excluding tert-OH is 1.